The van der Waals surface area contributed by atoms with Gasteiger partial charge in [0.25, 0.3) is 0 Å². The van der Waals surface area contributed by atoms with E-state index in [0.717, 1.165) is 17.7 Å². The Morgan fingerprint density at radius 1 is 1.29 bits per heavy atom. The smallest absolute Gasteiger partial charge is 0.118 e. The SMILES string of the molecule is CCC(C)(OC)C(NN)c1ccc(OC)cc1. The fraction of sp³-hybridized carbons (Fsp3) is 0.538. The molecule has 4 nitrogen and oxygen atoms in total. The molecule has 0 heterocycles. The van der Waals surface area contributed by atoms with Crippen LogP contribution in [0.3, 0.4) is 0 Å². The first-order chi connectivity index (χ1) is 8.11. The van der Waals surface area contributed by atoms with Crippen LogP contribution < -0.4 is 16.0 Å². The van der Waals surface area contributed by atoms with E-state index in [1.807, 2.05) is 31.2 Å². The third-order valence-electron chi connectivity index (χ3n) is 3.39. The monoisotopic (exact) mass is 238 g/mol. The summed E-state index contributed by atoms with van der Waals surface area (Å²) >= 11 is 0. The van der Waals surface area contributed by atoms with Gasteiger partial charge in [-0.15, -0.1) is 0 Å². The molecular weight excluding hydrogens is 216 g/mol. The maximum atomic E-state index is 5.65. The van der Waals surface area contributed by atoms with Crippen LogP contribution in [0.15, 0.2) is 24.3 Å². The molecule has 2 unspecified atom stereocenters. The van der Waals surface area contributed by atoms with Crippen LogP contribution in [0.2, 0.25) is 0 Å². The summed E-state index contributed by atoms with van der Waals surface area (Å²) in [5.41, 5.74) is 3.59. The first kappa shape index (κ1) is 14.0. The summed E-state index contributed by atoms with van der Waals surface area (Å²) in [4.78, 5) is 0. The zero-order valence-electron chi connectivity index (χ0n) is 11.0. The Morgan fingerprint density at radius 3 is 2.24 bits per heavy atom. The van der Waals surface area contributed by atoms with Gasteiger partial charge < -0.3 is 9.47 Å². The second-order valence-electron chi connectivity index (χ2n) is 4.24. The molecule has 17 heavy (non-hydrogen) atoms. The van der Waals surface area contributed by atoms with Crippen LogP contribution in [-0.4, -0.2) is 19.8 Å². The van der Waals surface area contributed by atoms with Gasteiger partial charge in [0, 0.05) is 7.11 Å². The highest BCUT2D eigenvalue weighted by atomic mass is 16.5. The molecule has 3 N–H and O–H groups in total. The Balaban J connectivity index is 3.00. The number of rotatable bonds is 6. The fourth-order valence-electron chi connectivity index (χ4n) is 1.89. The molecular formula is C13H22N2O2. The van der Waals surface area contributed by atoms with Crippen LogP contribution in [0, 0.1) is 0 Å². The number of hydrogen-bond donors (Lipinski definition) is 2. The number of ether oxygens (including phenoxy) is 2. The first-order valence-corrected chi connectivity index (χ1v) is 5.76. The highest BCUT2D eigenvalue weighted by molar-refractivity contribution is 5.30. The highest BCUT2D eigenvalue weighted by Gasteiger charge is 2.33. The van der Waals surface area contributed by atoms with Crippen LogP contribution in [0.4, 0.5) is 0 Å². The van der Waals surface area contributed by atoms with Gasteiger partial charge in [-0.05, 0) is 31.0 Å². The number of hydrazine groups is 1. The van der Waals surface area contributed by atoms with Gasteiger partial charge in [-0.3, -0.25) is 11.3 Å². The standard InChI is InChI=1S/C13H22N2O2/c1-5-13(2,17-4)12(15-14)10-6-8-11(16-3)9-7-10/h6-9,12,15H,5,14H2,1-4H3. The Labute approximate surface area is 103 Å². The van der Waals surface area contributed by atoms with Gasteiger partial charge in [-0.25, -0.2) is 0 Å². The maximum absolute atomic E-state index is 5.65. The van der Waals surface area contributed by atoms with Gasteiger partial charge in [0.2, 0.25) is 0 Å². The van der Waals surface area contributed by atoms with Crippen molar-refractivity contribution in [2.45, 2.75) is 31.9 Å². The Bertz CT molecular complexity index is 334. The third kappa shape index (κ3) is 2.97. The van der Waals surface area contributed by atoms with Crippen LogP contribution in [0.1, 0.15) is 31.9 Å². The van der Waals surface area contributed by atoms with E-state index in [9.17, 15) is 0 Å². The summed E-state index contributed by atoms with van der Waals surface area (Å²) < 4.78 is 10.7. The number of nitrogens with two attached hydrogens (primary N) is 1. The van der Waals surface area contributed by atoms with E-state index in [4.69, 9.17) is 15.3 Å². The summed E-state index contributed by atoms with van der Waals surface area (Å²) in [5, 5.41) is 0. The molecule has 0 saturated carbocycles. The molecule has 0 aliphatic heterocycles. The predicted octanol–water partition coefficient (Wildman–Crippen LogP) is 2.01. The van der Waals surface area contributed by atoms with Crippen molar-refractivity contribution >= 4 is 0 Å². The fourth-order valence-corrected chi connectivity index (χ4v) is 1.89. The number of methoxy groups -OCH3 is 2. The summed E-state index contributed by atoms with van der Waals surface area (Å²) in [7, 11) is 3.36. The zero-order valence-corrected chi connectivity index (χ0v) is 11.0. The van der Waals surface area contributed by atoms with Crippen LogP contribution in [0.5, 0.6) is 5.75 Å². The largest absolute Gasteiger partial charge is 0.497 e. The van der Waals surface area contributed by atoms with Crippen molar-refractivity contribution in [3.63, 3.8) is 0 Å². The van der Waals surface area contributed by atoms with Crippen molar-refractivity contribution < 1.29 is 9.47 Å². The second kappa shape index (κ2) is 6.00. The quantitative estimate of drug-likeness (QED) is 0.588. The van der Waals surface area contributed by atoms with E-state index in [2.05, 4.69) is 12.3 Å². The van der Waals surface area contributed by atoms with Gasteiger partial charge >= 0.3 is 0 Å². The molecule has 0 saturated heterocycles. The number of benzene rings is 1. The molecule has 0 aromatic heterocycles. The first-order valence-electron chi connectivity index (χ1n) is 5.76. The average Bonchev–Trinajstić information content (AvgIpc) is 2.40. The van der Waals surface area contributed by atoms with E-state index >= 15 is 0 Å². The summed E-state index contributed by atoms with van der Waals surface area (Å²) in [6.07, 6.45) is 0.865. The van der Waals surface area contributed by atoms with Crippen molar-refractivity contribution in [1.29, 1.82) is 0 Å². The van der Waals surface area contributed by atoms with Gasteiger partial charge in [-0.2, -0.15) is 0 Å². The molecule has 0 radical (unpaired) electrons. The topological polar surface area (TPSA) is 56.5 Å². The average molecular weight is 238 g/mol. The molecule has 0 spiro atoms. The van der Waals surface area contributed by atoms with Crippen molar-refractivity contribution in [2.75, 3.05) is 14.2 Å². The molecule has 2 atom stereocenters. The van der Waals surface area contributed by atoms with Crippen molar-refractivity contribution in [3.05, 3.63) is 29.8 Å². The van der Waals surface area contributed by atoms with Crippen LogP contribution >= 0.6 is 0 Å². The molecule has 1 aromatic carbocycles. The number of hydrogen-bond acceptors (Lipinski definition) is 4. The van der Waals surface area contributed by atoms with Gasteiger partial charge in [0.1, 0.15) is 5.75 Å². The molecule has 0 aliphatic rings. The highest BCUT2D eigenvalue weighted by Crippen LogP contribution is 2.31. The molecule has 1 aromatic rings. The van der Waals surface area contributed by atoms with E-state index in [1.54, 1.807) is 14.2 Å². The van der Waals surface area contributed by atoms with E-state index < -0.39 is 0 Å². The Hall–Kier alpha value is -1.10. The molecule has 0 fully saturated rings. The Morgan fingerprint density at radius 2 is 1.88 bits per heavy atom. The normalized spacial score (nSPS) is 16.3. The molecule has 4 heteroatoms. The molecule has 0 bridgehead atoms. The third-order valence-corrected chi connectivity index (χ3v) is 3.39. The van der Waals surface area contributed by atoms with E-state index in [-0.39, 0.29) is 11.6 Å². The Kier molecular flexibility index (Phi) is 4.93. The predicted molar refractivity (Wildman–Crippen MR) is 68.8 cm³/mol. The minimum absolute atomic E-state index is 0.0524. The van der Waals surface area contributed by atoms with Crippen LogP contribution in [-0.2, 0) is 4.74 Å². The molecule has 0 amide bonds. The second-order valence-corrected chi connectivity index (χ2v) is 4.24. The van der Waals surface area contributed by atoms with Crippen molar-refractivity contribution in [3.8, 4) is 5.75 Å². The minimum Gasteiger partial charge on any atom is -0.497 e. The lowest BCUT2D eigenvalue weighted by molar-refractivity contribution is -0.0300. The van der Waals surface area contributed by atoms with Crippen molar-refractivity contribution in [1.82, 2.24) is 5.43 Å². The lowest BCUT2D eigenvalue weighted by atomic mass is 9.88. The van der Waals surface area contributed by atoms with Crippen LogP contribution in [0.25, 0.3) is 0 Å². The van der Waals surface area contributed by atoms with E-state index in [0.29, 0.717) is 0 Å². The van der Waals surface area contributed by atoms with Gasteiger partial charge in [0.05, 0.1) is 18.8 Å². The maximum Gasteiger partial charge on any atom is 0.118 e. The lowest BCUT2D eigenvalue weighted by Crippen LogP contribution is -2.45. The molecule has 0 aliphatic carbocycles. The zero-order chi connectivity index (χ0) is 12.9. The summed E-state index contributed by atoms with van der Waals surface area (Å²) in [6, 6.07) is 7.78. The molecule has 96 valence electrons. The van der Waals surface area contributed by atoms with Crippen molar-refractivity contribution in [2.24, 2.45) is 5.84 Å². The summed E-state index contributed by atoms with van der Waals surface area (Å²) in [5.74, 6) is 6.48. The lowest BCUT2D eigenvalue weighted by Gasteiger charge is -2.35. The summed E-state index contributed by atoms with van der Waals surface area (Å²) in [6.45, 7) is 4.12. The van der Waals surface area contributed by atoms with E-state index in [1.165, 1.54) is 0 Å². The molecule has 1 rings (SSSR count). The van der Waals surface area contributed by atoms with Gasteiger partial charge in [-0.1, -0.05) is 19.1 Å². The van der Waals surface area contributed by atoms with Gasteiger partial charge in [0.15, 0.2) is 0 Å². The number of nitrogens with one attached hydrogen (secondary N) is 1. The minimum atomic E-state index is -0.330.